The van der Waals surface area contributed by atoms with E-state index in [-0.39, 0.29) is 18.6 Å². The molecule has 1 rings (SSSR count). The number of aliphatic hydroxyl groups excluding tert-OH is 1. The summed E-state index contributed by atoms with van der Waals surface area (Å²) in [7, 11) is 0. The fourth-order valence-electron chi connectivity index (χ4n) is 1.77. The van der Waals surface area contributed by atoms with Gasteiger partial charge in [0.05, 0.1) is 18.2 Å². The highest BCUT2D eigenvalue weighted by Crippen LogP contribution is 2.14. The zero-order chi connectivity index (χ0) is 12.9. The number of amides is 1. The summed E-state index contributed by atoms with van der Waals surface area (Å²) in [4.78, 5) is 14.3. The highest BCUT2D eigenvalue weighted by Gasteiger charge is 2.29. The Balaban J connectivity index is 2.50. The number of nitrogens with zero attached hydrogens (tertiary/aromatic N) is 1. The Bertz CT molecular complexity index is 251. The molecule has 0 aromatic carbocycles. The first-order valence-electron chi connectivity index (χ1n) is 6.27. The molecule has 2 atom stereocenters. The van der Waals surface area contributed by atoms with E-state index < -0.39 is 5.54 Å². The highest BCUT2D eigenvalue weighted by molar-refractivity contribution is 7.99. The number of rotatable bonds is 5. The number of aliphatic hydroxyl groups is 1. The number of hydrogen-bond acceptors (Lipinski definition) is 4. The summed E-state index contributed by atoms with van der Waals surface area (Å²) in [6.45, 7) is 7.72. The fraction of sp³-hybridized carbons (Fsp3) is 0.917. The van der Waals surface area contributed by atoms with E-state index in [0.717, 1.165) is 31.0 Å². The molecule has 0 radical (unpaired) electrons. The minimum atomic E-state index is -0.490. The number of hydrogen-bond donors (Lipinski definition) is 2. The average Bonchev–Trinajstić information content (AvgIpc) is 2.38. The van der Waals surface area contributed by atoms with Crippen LogP contribution in [0.25, 0.3) is 0 Å². The summed E-state index contributed by atoms with van der Waals surface area (Å²) in [6.07, 6.45) is 0.734. The Morgan fingerprint density at radius 2 is 2.12 bits per heavy atom. The van der Waals surface area contributed by atoms with Crippen molar-refractivity contribution in [2.75, 3.05) is 31.2 Å². The Kier molecular flexibility index (Phi) is 5.76. The van der Waals surface area contributed by atoms with Crippen LogP contribution >= 0.6 is 11.8 Å². The molecule has 1 fully saturated rings. The largest absolute Gasteiger partial charge is 0.394 e. The standard InChI is InChI=1S/C12H24N2O2S/c1-4-12(3,9-15)13-11(16)10(2)14-5-7-17-8-6-14/h10,15H,4-9H2,1-3H3,(H,13,16)/t10-,12+/m1/s1. The van der Waals surface area contributed by atoms with Gasteiger partial charge in [0, 0.05) is 24.6 Å². The van der Waals surface area contributed by atoms with Crippen LogP contribution in [0.1, 0.15) is 27.2 Å². The molecule has 100 valence electrons. The third kappa shape index (κ3) is 4.16. The van der Waals surface area contributed by atoms with E-state index >= 15 is 0 Å². The topological polar surface area (TPSA) is 52.6 Å². The van der Waals surface area contributed by atoms with E-state index in [0.29, 0.717) is 0 Å². The second-order valence-corrected chi connectivity index (χ2v) is 6.11. The zero-order valence-corrected chi connectivity index (χ0v) is 11.8. The first-order valence-corrected chi connectivity index (χ1v) is 7.42. The third-order valence-electron chi connectivity index (χ3n) is 3.53. The van der Waals surface area contributed by atoms with Gasteiger partial charge in [-0.2, -0.15) is 11.8 Å². The Labute approximate surface area is 108 Å². The maximum Gasteiger partial charge on any atom is 0.237 e. The van der Waals surface area contributed by atoms with Gasteiger partial charge in [-0.05, 0) is 20.3 Å². The summed E-state index contributed by atoms with van der Waals surface area (Å²) < 4.78 is 0. The number of carbonyl (C=O) groups is 1. The number of carbonyl (C=O) groups excluding carboxylic acids is 1. The molecule has 0 aromatic rings. The van der Waals surface area contributed by atoms with Gasteiger partial charge in [0.2, 0.25) is 5.91 Å². The normalized spacial score (nSPS) is 22.8. The minimum Gasteiger partial charge on any atom is -0.394 e. The molecule has 1 amide bonds. The van der Waals surface area contributed by atoms with Crippen molar-refractivity contribution >= 4 is 17.7 Å². The molecule has 0 unspecified atom stereocenters. The second-order valence-electron chi connectivity index (χ2n) is 4.89. The summed E-state index contributed by atoms with van der Waals surface area (Å²) in [5.41, 5.74) is -0.490. The monoisotopic (exact) mass is 260 g/mol. The SMILES string of the molecule is CC[C@@](C)(CO)NC(=O)[C@@H](C)N1CCSCC1. The lowest BCUT2D eigenvalue weighted by Crippen LogP contribution is -2.55. The van der Waals surface area contributed by atoms with Crippen LogP contribution in [-0.4, -0.2) is 58.7 Å². The summed E-state index contributed by atoms with van der Waals surface area (Å²) in [5, 5.41) is 12.2. The molecule has 1 heterocycles. The van der Waals surface area contributed by atoms with E-state index in [9.17, 15) is 9.90 Å². The number of thioether (sulfide) groups is 1. The van der Waals surface area contributed by atoms with Crippen molar-refractivity contribution in [3.8, 4) is 0 Å². The van der Waals surface area contributed by atoms with E-state index in [4.69, 9.17) is 0 Å². The van der Waals surface area contributed by atoms with E-state index in [1.54, 1.807) is 0 Å². The molecule has 0 aliphatic carbocycles. The van der Waals surface area contributed by atoms with Gasteiger partial charge < -0.3 is 10.4 Å². The quantitative estimate of drug-likeness (QED) is 0.764. The van der Waals surface area contributed by atoms with Gasteiger partial charge in [0.1, 0.15) is 0 Å². The molecular weight excluding hydrogens is 236 g/mol. The Morgan fingerprint density at radius 1 is 1.53 bits per heavy atom. The van der Waals surface area contributed by atoms with Crippen molar-refractivity contribution in [1.29, 1.82) is 0 Å². The molecule has 4 nitrogen and oxygen atoms in total. The van der Waals surface area contributed by atoms with Crippen molar-refractivity contribution in [3.05, 3.63) is 0 Å². The van der Waals surface area contributed by atoms with Gasteiger partial charge in [-0.25, -0.2) is 0 Å². The van der Waals surface area contributed by atoms with E-state index in [1.807, 2.05) is 32.5 Å². The lowest BCUT2D eigenvalue weighted by molar-refractivity contribution is -0.128. The summed E-state index contributed by atoms with van der Waals surface area (Å²) in [5.74, 6) is 2.22. The molecule has 0 aromatic heterocycles. The molecule has 1 saturated heterocycles. The lowest BCUT2D eigenvalue weighted by atomic mass is 9.99. The smallest absolute Gasteiger partial charge is 0.237 e. The van der Waals surface area contributed by atoms with Crippen LogP contribution in [0.3, 0.4) is 0 Å². The summed E-state index contributed by atoms with van der Waals surface area (Å²) >= 11 is 1.94. The first kappa shape index (κ1) is 14.8. The predicted molar refractivity (Wildman–Crippen MR) is 72.3 cm³/mol. The first-order chi connectivity index (χ1) is 8.02. The van der Waals surface area contributed by atoms with Gasteiger partial charge >= 0.3 is 0 Å². The molecule has 5 heteroatoms. The predicted octanol–water partition coefficient (Wildman–Crippen LogP) is 0.701. The lowest BCUT2D eigenvalue weighted by Gasteiger charge is -2.34. The van der Waals surface area contributed by atoms with Gasteiger partial charge in [-0.15, -0.1) is 0 Å². The third-order valence-corrected chi connectivity index (χ3v) is 4.47. The van der Waals surface area contributed by atoms with Crippen molar-refractivity contribution in [3.63, 3.8) is 0 Å². The molecule has 0 spiro atoms. The molecule has 17 heavy (non-hydrogen) atoms. The van der Waals surface area contributed by atoms with Crippen LogP contribution in [0.5, 0.6) is 0 Å². The van der Waals surface area contributed by atoms with Gasteiger partial charge in [0.25, 0.3) is 0 Å². The Hall–Kier alpha value is -0.260. The van der Waals surface area contributed by atoms with Gasteiger partial charge in [-0.3, -0.25) is 9.69 Å². The molecular formula is C12H24N2O2S. The van der Waals surface area contributed by atoms with E-state index in [2.05, 4.69) is 10.2 Å². The maximum atomic E-state index is 12.1. The van der Waals surface area contributed by atoms with Crippen LogP contribution in [0, 0.1) is 0 Å². The van der Waals surface area contributed by atoms with Gasteiger partial charge in [-0.1, -0.05) is 6.92 Å². The molecule has 2 N–H and O–H groups in total. The maximum absolute atomic E-state index is 12.1. The van der Waals surface area contributed by atoms with Crippen LogP contribution < -0.4 is 5.32 Å². The van der Waals surface area contributed by atoms with Crippen molar-refractivity contribution < 1.29 is 9.90 Å². The van der Waals surface area contributed by atoms with Crippen LogP contribution in [0.4, 0.5) is 0 Å². The molecule has 1 aliphatic rings. The molecule has 0 saturated carbocycles. The van der Waals surface area contributed by atoms with E-state index in [1.165, 1.54) is 0 Å². The molecule has 0 bridgehead atoms. The van der Waals surface area contributed by atoms with Crippen molar-refractivity contribution in [2.45, 2.75) is 38.8 Å². The van der Waals surface area contributed by atoms with Gasteiger partial charge in [0.15, 0.2) is 0 Å². The van der Waals surface area contributed by atoms with Crippen LogP contribution in [0.15, 0.2) is 0 Å². The fourth-order valence-corrected chi connectivity index (χ4v) is 2.70. The minimum absolute atomic E-state index is 0.0161. The highest BCUT2D eigenvalue weighted by atomic mass is 32.2. The van der Waals surface area contributed by atoms with Crippen LogP contribution in [-0.2, 0) is 4.79 Å². The average molecular weight is 260 g/mol. The van der Waals surface area contributed by atoms with Crippen molar-refractivity contribution in [2.24, 2.45) is 0 Å². The second kappa shape index (κ2) is 6.61. The number of nitrogens with one attached hydrogen (secondary N) is 1. The molecule has 1 aliphatic heterocycles. The van der Waals surface area contributed by atoms with Crippen molar-refractivity contribution in [1.82, 2.24) is 10.2 Å². The van der Waals surface area contributed by atoms with Crippen LogP contribution in [0.2, 0.25) is 0 Å². The summed E-state index contributed by atoms with van der Waals surface area (Å²) in [6, 6.07) is -0.103. The zero-order valence-electron chi connectivity index (χ0n) is 11.0. The Morgan fingerprint density at radius 3 is 2.59 bits per heavy atom.